The first-order valence-electron chi connectivity index (χ1n) is 24.8. The predicted octanol–water partition coefficient (Wildman–Crippen LogP) is 3.15. The largest absolute Gasteiger partial charge is 0.458 e. The monoisotopic (exact) mass is 876 g/mol. The molecular weight excluding hydrogens is 835 g/mol. The molecule has 8 aliphatic rings. The zero-order valence-electron chi connectivity index (χ0n) is 39.4. The zero-order valence-corrected chi connectivity index (χ0v) is 39.4. The molecule has 0 saturated carbocycles. The lowest BCUT2D eigenvalue weighted by molar-refractivity contribution is 0.487. The fraction of sp³-hybridized carbons (Fsp3) is 0.100. The third-order valence-electron chi connectivity index (χ3n) is 17.6. The first-order valence-corrected chi connectivity index (χ1v) is 24.8. The molecule has 8 aliphatic heterocycles. The maximum atomic E-state index is 7.05. The second-order valence-corrected chi connectivity index (χ2v) is 21.3. The number of anilines is 6. The van der Waals surface area contributed by atoms with Crippen LogP contribution in [-0.2, 0) is 0 Å². The van der Waals surface area contributed by atoms with Crippen LogP contribution in [0.3, 0.4) is 0 Å². The molecule has 0 unspecified atom stereocenters. The van der Waals surface area contributed by atoms with Crippen LogP contribution in [0.4, 0.5) is 34.1 Å². The molecule has 318 valence electrons. The number of hydrogen-bond acceptors (Lipinski definition) is 4. The fourth-order valence-corrected chi connectivity index (χ4v) is 15.7. The maximum Gasteiger partial charge on any atom is 0.256 e. The Balaban J connectivity index is 1.07. The Bertz CT molecular complexity index is 3710. The first kappa shape index (κ1) is 37.5. The number of rotatable bonds is 2. The molecule has 8 heterocycles. The van der Waals surface area contributed by atoms with Crippen LogP contribution in [0.2, 0.25) is 0 Å². The Hall–Kier alpha value is -7.50. The smallest absolute Gasteiger partial charge is 0.256 e. The average molecular weight is 876 g/mol. The normalized spacial score (nSPS) is 15.1. The quantitative estimate of drug-likeness (QED) is 0.250. The Kier molecular flexibility index (Phi) is 6.73. The minimum Gasteiger partial charge on any atom is -0.458 e. The molecule has 9 heteroatoms. The molecule has 0 bridgehead atoms. The van der Waals surface area contributed by atoms with Crippen LogP contribution in [0.25, 0.3) is 0 Å². The van der Waals surface area contributed by atoms with Crippen LogP contribution in [-0.4, -0.2) is 33.6 Å². The van der Waals surface area contributed by atoms with Gasteiger partial charge in [-0.1, -0.05) is 160 Å². The molecule has 9 aromatic rings. The summed E-state index contributed by atoms with van der Waals surface area (Å²) >= 11 is 0. The van der Waals surface area contributed by atoms with Gasteiger partial charge in [-0.05, 0) is 137 Å². The third-order valence-corrected chi connectivity index (χ3v) is 17.6. The standard InChI is InChI=1S/C60H41B5N2O2/c1-30-25-32(3)50(33(4)26-30)63-38-15-11-17-40-55(38)66-57-42(63)21-23-48-52(57)61(36-13-7-9-19-46(36)68-48)44-29-45-60-54(59(44)66)65(40)41-18-12-16-39-56(41)67(60)58-43(64(39)51-34(5)27-31(2)28-35(51)6)22-24-49-53(58)62(45)37-14-8-10-20-47(37)69-49/h7-29H,1-6H3. The molecule has 0 atom stereocenters. The minimum atomic E-state index is -0.0331. The van der Waals surface area contributed by atoms with Crippen molar-refractivity contribution in [3.05, 3.63) is 173 Å². The number of fused-ring (bicyclic) bond motifs is 8. The number of ether oxygens (including phenoxy) is 2. The Morgan fingerprint density at radius 2 is 0.609 bits per heavy atom. The topological polar surface area (TPSA) is 24.9 Å². The molecule has 4 nitrogen and oxygen atoms in total. The number of nitrogens with zero attached hydrogens (tertiary/aromatic N) is 2. The van der Waals surface area contributed by atoms with E-state index in [0.717, 1.165) is 23.0 Å². The number of para-hydroxylation sites is 4. The molecule has 0 radical (unpaired) electrons. The lowest BCUT2D eigenvalue weighted by Crippen LogP contribution is -2.77. The lowest BCUT2D eigenvalue weighted by Gasteiger charge is -2.55. The molecule has 69 heavy (non-hydrogen) atoms. The molecule has 17 rings (SSSR count). The minimum absolute atomic E-state index is 0.00411. The SMILES string of the molecule is Cc1cc(C)c(B2c3cccc4c3N3c5c2ccc2c5B(c5ccccc5O2)c2cc5c6c(c23)B4c2cccc3c2N6c2c(ccc4c2B5c2ccccc2O4)B3c2c(C)cc(C)cc2C)c(C)c1. The summed E-state index contributed by atoms with van der Waals surface area (Å²) in [7, 11) is 0. The van der Waals surface area contributed by atoms with E-state index < -0.39 is 0 Å². The number of benzene rings is 9. The van der Waals surface area contributed by atoms with Gasteiger partial charge in [0.05, 0.1) is 0 Å². The second kappa shape index (κ2) is 12.4. The van der Waals surface area contributed by atoms with Crippen LogP contribution in [0.15, 0.2) is 140 Å². The van der Waals surface area contributed by atoms with Crippen LogP contribution in [0.1, 0.15) is 33.4 Å². The molecule has 0 N–H and O–H groups in total. The third kappa shape index (κ3) is 4.26. The van der Waals surface area contributed by atoms with Gasteiger partial charge in [-0.3, -0.25) is 0 Å². The summed E-state index contributed by atoms with van der Waals surface area (Å²) in [5, 5.41) is 0. The molecule has 0 amide bonds. The van der Waals surface area contributed by atoms with Crippen molar-refractivity contribution in [3.63, 3.8) is 0 Å². The Labute approximate surface area is 404 Å². The van der Waals surface area contributed by atoms with Crippen LogP contribution in [0.5, 0.6) is 23.0 Å². The molecule has 0 aliphatic carbocycles. The highest BCUT2D eigenvalue weighted by Gasteiger charge is 2.59. The molecule has 0 saturated heterocycles. The van der Waals surface area contributed by atoms with Gasteiger partial charge < -0.3 is 19.3 Å². The van der Waals surface area contributed by atoms with Gasteiger partial charge in [-0.15, -0.1) is 0 Å². The van der Waals surface area contributed by atoms with E-state index in [-0.39, 0.29) is 33.6 Å². The van der Waals surface area contributed by atoms with Gasteiger partial charge in [-0.25, -0.2) is 0 Å². The predicted molar refractivity (Wildman–Crippen MR) is 293 cm³/mol. The van der Waals surface area contributed by atoms with Gasteiger partial charge in [0.1, 0.15) is 23.0 Å². The van der Waals surface area contributed by atoms with Crippen molar-refractivity contribution in [2.24, 2.45) is 0 Å². The van der Waals surface area contributed by atoms with Crippen molar-refractivity contribution in [1.29, 1.82) is 0 Å². The molecular formula is C60H41B5N2O2. The summed E-state index contributed by atoms with van der Waals surface area (Å²) in [6, 6.07) is 53.9. The van der Waals surface area contributed by atoms with Crippen LogP contribution < -0.4 is 101 Å². The van der Waals surface area contributed by atoms with Gasteiger partial charge in [-0.2, -0.15) is 0 Å². The number of hydrogen-bond donors (Lipinski definition) is 0. The van der Waals surface area contributed by atoms with Crippen molar-refractivity contribution in [2.45, 2.75) is 41.5 Å². The van der Waals surface area contributed by atoms with E-state index in [4.69, 9.17) is 9.47 Å². The van der Waals surface area contributed by atoms with Crippen molar-refractivity contribution < 1.29 is 9.47 Å². The average Bonchev–Trinajstić information content (AvgIpc) is 3.34. The lowest BCUT2D eigenvalue weighted by atomic mass is 9.22. The van der Waals surface area contributed by atoms with Gasteiger partial charge in [0.2, 0.25) is 13.4 Å². The summed E-state index contributed by atoms with van der Waals surface area (Å²) in [5.74, 6) is 3.81. The van der Waals surface area contributed by atoms with E-state index >= 15 is 0 Å². The van der Waals surface area contributed by atoms with Crippen LogP contribution in [0, 0.1) is 41.5 Å². The van der Waals surface area contributed by atoms with Crippen molar-refractivity contribution in [3.8, 4) is 23.0 Å². The second-order valence-electron chi connectivity index (χ2n) is 21.3. The molecule has 0 spiro atoms. The summed E-state index contributed by atoms with van der Waals surface area (Å²) < 4.78 is 14.1. The zero-order chi connectivity index (χ0) is 45.6. The highest BCUT2D eigenvalue weighted by atomic mass is 16.5. The van der Waals surface area contributed by atoms with Gasteiger partial charge in [0, 0.05) is 34.1 Å². The summed E-state index contributed by atoms with van der Waals surface area (Å²) in [5.41, 5.74) is 36.3. The van der Waals surface area contributed by atoms with Crippen molar-refractivity contribution >= 4 is 150 Å². The Morgan fingerprint density at radius 3 is 1.03 bits per heavy atom. The van der Waals surface area contributed by atoms with Crippen molar-refractivity contribution in [2.75, 3.05) is 9.80 Å². The first-order chi connectivity index (χ1) is 33.7. The van der Waals surface area contributed by atoms with E-state index in [9.17, 15) is 0 Å². The van der Waals surface area contributed by atoms with E-state index in [1.807, 2.05) is 0 Å². The maximum absolute atomic E-state index is 7.05. The highest BCUT2D eigenvalue weighted by molar-refractivity contribution is 7.11. The van der Waals surface area contributed by atoms with E-state index in [2.05, 4.69) is 191 Å². The molecule has 0 aromatic heterocycles. The van der Waals surface area contributed by atoms with Gasteiger partial charge in [0.15, 0.2) is 0 Å². The Morgan fingerprint density at radius 1 is 0.275 bits per heavy atom. The fourth-order valence-electron chi connectivity index (χ4n) is 15.7. The van der Waals surface area contributed by atoms with E-state index in [1.54, 1.807) is 0 Å². The van der Waals surface area contributed by atoms with Gasteiger partial charge in [0.25, 0.3) is 20.1 Å². The highest BCUT2D eigenvalue weighted by Crippen LogP contribution is 2.49. The van der Waals surface area contributed by atoms with Crippen LogP contribution >= 0.6 is 0 Å². The molecule has 9 aromatic carbocycles. The number of aryl methyl sites for hydroxylation is 6. The van der Waals surface area contributed by atoms with E-state index in [0.29, 0.717) is 0 Å². The summed E-state index contributed by atoms with van der Waals surface area (Å²) in [6.07, 6.45) is 0. The van der Waals surface area contributed by atoms with E-state index in [1.165, 1.54) is 149 Å². The summed E-state index contributed by atoms with van der Waals surface area (Å²) in [4.78, 5) is 5.49. The summed E-state index contributed by atoms with van der Waals surface area (Å²) in [6.45, 7) is 13.8. The van der Waals surface area contributed by atoms with Gasteiger partial charge >= 0.3 is 0 Å². The molecule has 0 fully saturated rings. The van der Waals surface area contributed by atoms with Crippen molar-refractivity contribution in [1.82, 2.24) is 0 Å².